The third-order valence-electron chi connectivity index (χ3n) is 7.05. The van der Waals surface area contributed by atoms with Gasteiger partial charge in [-0.15, -0.1) is 0 Å². The second-order valence-electron chi connectivity index (χ2n) is 8.98. The van der Waals surface area contributed by atoms with Crippen molar-refractivity contribution in [2.24, 2.45) is 0 Å². The minimum Gasteiger partial charge on any atom is -0.490 e. The van der Waals surface area contributed by atoms with Gasteiger partial charge in [-0.25, -0.2) is 0 Å². The lowest BCUT2D eigenvalue weighted by molar-refractivity contribution is -0.149. The normalized spacial score (nSPS) is 25.6. The molecule has 2 aliphatic heterocycles. The maximum atomic E-state index is 14.0. The molecule has 1 aromatic heterocycles. The first-order valence-corrected chi connectivity index (χ1v) is 13.3. The number of amides is 1. The van der Waals surface area contributed by atoms with E-state index in [4.69, 9.17) is 33.7 Å². The van der Waals surface area contributed by atoms with E-state index in [1.165, 1.54) is 11.3 Å². The second kappa shape index (κ2) is 9.62. The number of Topliss-reactive ketones (excluding diaryl/α,β-unsaturated/α-hetero) is 1. The van der Waals surface area contributed by atoms with Crippen molar-refractivity contribution in [3.63, 3.8) is 0 Å². The second-order valence-corrected chi connectivity index (χ2v) is 10.8. The van der Waals surface area contributed by atoms with Crippen LogP contribution >= 0.6 is 35.6 Å². The van der Waals surface area contributed by atoms with Crippen LogP contribution in [-0.2, 0) is 24.6 Å². The van der Waals surface area contributed by atoms with Crippen molar-refractivity contribution < 1.29 is 19.1 Å². The van der Waals surface area contributed by atoms with Crippen molar-refractivity contribution in [1.29, 1.82) is 0 Å². The van der Waals surface area contributed by atoms with E-state index in [0.29, 0.717) is 29.5 Å². The molecule has 0 bridgehead atoms. The highest BCUT2D eigenvalue weighted by molar-refractivity contribution is 7.83. The molecule has 0 saturated carbocycles. The summed E-state index contributed by atoms with van der Waals surface area (Å²) >= 11 is 12.7. The van der Waals surface area contributed by atoms with Gasteiger partial charge < -0.3 is 14.4 Å². The Balaban J connectivity index is 1.59. The van der Waals surface area contributed by atoms with Gasteiger partial charge in [0, 0.05) is 36.9 Å². The predicted octanol–water partition coefficient (Wildman–Crippen LogP) is 5.46. The number of hydrogen-bond donors (Lipinski definition) is 1. The van der Waals surface area contributed by atoms with Gasteiger partial charge in [-0.3, -0.25) is 9.59 Å². The molecule has 0 spiro atoms. The number of nitrogens with zero attached hydrogens (tertiary/aromatic N) is 1. The van der Waals surface area contributed by atoms with E-state index < -0.39 is 16.2 Å². The zero-order valence-electron chi connectivity index (χ0n) is 19.3. The van der Waals surface area contributed by atoms with Crippen LogP contribution in [0.25, 0.3) is 0 Å². The topological polar surface area (TPSA) is 55.8 Å². The third kappa shape index (κ3) is 4.08. The lowest BCUT2D eigenvalue weighted by atomic mass is 9.71. The zero-order valence-corrected chi connectivity index (χ0v) is 21.7. The van der Waals surface area contributed by atoms with E-state index in [2.05, 4.69) is 0 Å². The molecule has 0 N–H and O–H groups in total. The maximum absolute atomic E-state index is 14.0. The molecule has 2 atom stereocenters. The van der Waals surface area contributed by atoms with Gasteiger partial charge in [0.25, 0.3) is 5.91 Å². The first kappa shape index (κ1) is 24.4. The minimum atomic E-state index is -1.66. The molecule has 2 saturated heterocycles. The van der Waals surface area contributed by atoms with Crippen molar-refractivity contribution in [2.45, 2.75) is 35.7 Å². The number of benzene rings is 2. The van der Waals surface area contributed by atoms with Crippen molar-refractivity contribution >= 4 is 47.3 Å². The summed E-state index contributed by atoms with van der Waals surface area (Å²) in [5.41, 5.74) is 1.11. The van der Waals surface area contributed by atoms with Gasteiger partial charge in [-0.1, -0.05) is 41.9 Å². The number of ketones is 1. The van der Waals surface area contributed by atoms with E-state index in [-0.39, 0.29) is 18.3 Å². The van der Waals surface area contributed by atoms with Crippen LogP contribution in [-0.4, -0.2) is 43.0 Å². The number of halogens is 1. The summed E-state index contributed by atoms with van der Waals surface area (Å²) in [6.07, 6.45) is 1.79. The number of ether oxygens (including phenoxy) is 2. The Kier molecular flexibility index (Phi) is 6.70. The quantitative estimate of drug-likeness (QED) is 0.353. The number of carbonyl (C=O) groups is 2. The highest BCUT2D eigenvalue weighted by Crippen LogP contribution is 2.50. The molecule has 2 aliphatic rings. The molecule has 3 heterocycles. The molecule has 0 aliphatic carbocycles. The first-order chi connectivity index (χ1) is 16.9. The molecule has 1 amide bonds. The molecule has 5 rings (SSSR count). The van der Waals surface area contributed by atoms with E-state index in [1.807, 2.05) is 41.1 Å². The highest BCUT2D eigenvalue weighted by Gasteiger charge is 2.59. The summed E-state index contributed by atoms with van der Waals surface area (Å²) in [5, 5.41) is 4.29. The summed E-state index contributed by atoms with van der Waals surface area (Å²) in [6, 6.07) is 16.6. The largest absolute Gasteiger partial charge is 0.490 e. The lowest BCUT2D eigenvalue weighted by Gasteiger charge is -2.50. The summed E-state index contributed by atoms with van der Waals surface area (Å²) < 4.78 is 10.0. The Bertz CT molecular complexity index is 1240. The lowest BCUT2D eigenvalue weighted by Crippen LogP contribution is -2.62. The molecule has 182 valence electrons. The monoisotopic (exact) mass is 527 g/mol. The number of likely N-dealkylation sites (tertiary alicyclic amines) is 1. The Morgan fingerprint density at radius 1 is 1.09 bits per heavy atom. The minimum absolute atomic E-state index is 0.0570. The Hall–Kier alpha value is -2.32. The number of piperidine rings is 1. The molecule has 3 aromatic rings. The molecule has 2 unspecified atom stereocenters. The average molecular weight is 528 g/mol. The van der Waals surface area contributed by atoms with E-state index >= 15 is 0 Å². The van der Waals surface area contributed by atoms with Crippen molar-refractivity contribution in [3.8, 4) is 5.75 Å². The van der Waals surface area contributed by atoms with Crippen molar-refractivity contribution in [1.82, 2.24) is 4.90 Å². The van der Waals surface area contributed by atoms with Gasteiger partial charge in [0.05, 0.1) is 13.2 Å². The van der Waals surface area contributed by atoms with Gasteiger partial charge in [0.1, 0.15) is 17.4 Å². The summed E-state index contributed by atoms with van der Waals surface area (Å²) in [5.74, 6) is 0.0113. The maximum Gasteiger partial charge on any atom is 0.251 e. The zero-order chi connectivity index (χ0) is 24.6. The van der Waals surface area contributed by atoms with Crippen LogP contribution in [0.2, 0.25) is 5.02 Å². The molecule has 5 nitrogen and oxygen atoms in total. The van der Waals surface area contributed by atoms with Crippen LogP contribution in [0.3, 0.4) is 0 Å². The standard InChI is InChI=1S/C27H26ClNO4S2/c1-29-25(31)27(34,22-7-2-3-8-23(22)28)24(30)16-26(29,19-11-14-35-17-19)18-5-4-6-21(15-18)33-20-9-12-32-13-10-20/h2-8,11,14-15,17,20,34H,9-10,12-13,16H2,1H3. The fourth-order valence-electron chi connectivity index (χ4n) is 5.11. The fourth-order valence-corrected chi connectivity index (χ4v) is 6.60. The smallest absolute Gasteiger partial charge is 0.251 e. The molecule has 0 radical (unpaired) electrons. The van der Waals surface area contributed by atoms with Crippen LogP contribution < -0.4 is 4.74 Å². The Morgan fingerprint density at radius 2 is 1.86 bits per heavy atom. The van der Waals surface area contributed by atoms with Crippen LogP contribution in [0.4, 0.5) is 0 Å². The van der Waals surface area contributed by atoms with Gasteiger partial charge >= 0.3 is 0 Å². The van der Waals surface area contributed by atoms with Gasteiger partial charge in [0.15, 0.2) is 10.5 Å². The Morgan fingerprint density at radius 3 is 2.57 bits per heavy atom. The summed E-state index contributed by atoms with van der Waals surface area (Å²) in [6.45, 7) is 1.36. The van der Waals surface area contributed by atoms with Gasteiger partial charge in [-0.2, -0.15) is 24.0 Å². The van der Waals surface area contributed by atoms with Crippen molar-refractivity contribution in [2.75, 3.05) is 20.3 Å². The van der Waals surface area contributed by atoms with E-state index in [9.17, 15) is 9.59 Å². The molecule has 2 fully saturated rings. The number of thiophene rings is 1. The molecule has 35 heavy (non-hydrogen) atoms. The number of hydrogen-bond acceptors (Lipinski definition) is 6. The molecular weight excluding hydrogens is 502 g/mol. The number of rotatable bonds is 5. The number of likely N-dealkylation sites (N-methyl/N-ethyl adjacent to an activating group) is 1. The first-order valence-electron chi connectivity index (χ1n) is 11.5. The third-order valence-corrected chi connectivity index (χ3v) is 8.75. The Labute approximate surface area is 219 Å². The molecule has 8 heteroatoms. The fraction of sp³-hybridized carbons (Fsp3) is 0.333. The number of thiol groups is 1. The SMILES string of the molecule is CN1C(=O)C(S)(c2ccccc2Cl)C(=O)CC1(c1ccsc1)c1cccc(OC2CCOCC2)c1. The van der Waals surface area contributed by atoms with Crippen LogP contribution in [0.5, 0.6) is 5.75 Å². The molecular formula is C27H26ClNO4S2. The van der Waals surface area contributed by atoms with E-state index in [1.54, 1.807) is 36.2 Å². The number of carbonyl (C=O) groups excluding carboxylic acids is 2. The van der Waals surface area contributed by atoms with Crippen molar-refractivity contribution in [3.05, 3.63) is 87.1 Å². The van der Waals surface area contributed by atoms with Crippen LogP contribution in [0.1, 0.15) is 36.0 Å². The van der Waals surface area contributed by atoms with Crippen LogP contribution in [0, 0.1) is 0 Å². The average Bonchev–Trinajstić information content (AvgIpc) is 3.42. The summed E-state index contributed by atoms with van der Waals surface area (Å²) in [7, 11) is 1.74. The molecule has 2 aromatic carbocycles. The van der Waals surface area contributed by atoms with Gasteiger partial charge in [0.2, 0.25) is 0 Å². The predicted molar refractivity (Wildman–Crippen MR) is 141 cm³/mol. The van der Waals surface area contributed by atoms with E-state index in [0.717, 1.165) is 24.0 Å². The highest BCUT2D eigenvalue weighted by atomic mass is 35.5. The van der Waals surface area contributed by atoms with Crippen LogP contribution in [0.15, 0.2) is 65.4 Å². The van der Waals surface area contributed by atoms with Gasteiger partial charge in [-0.05, 0) is 46.2 Å². The summed E-state index contributed by atoms with van der Waals surface area (Å²) in [4.78, 5) is 29.6.